The van der Waals surface area contributed by atoms with Crippen molar-refractivity contribution in [1.29, 1.82) is 0 Å². The highest BCUT2D eigenvalue weighted by Gasteiger charge is 2.11. The van der Waals surface area contributed by atoms with Gasteiger partial charge in [-0.1, -0.05) is 12.1 Å². The molecule has 3 aromatic rings. The molecule has 0 unspecified atom stereocenters. The minimum Gasteiger partial charge on any atom is -0.372 e. The Morgan fingerprint density at radius 1 is 1.25 bits per heavy atom. The van der Waals surface area contributed by atoms with Gasteiger partial charge in [0.25, 0.3) is 0 Å². The first-order chi connectivity index (χ1) is 9.56. The number of para-hydroxylation sites is 1. The summed E-state index contributed by atoms with van der Waals surface area (Å²) in [7, 11) is 0. The lowest BCUT2D eigenvalue weighted by Crippen LogP contribution is -2.25. The van der Waals surface area contributed by atoms with Crippen LogP contribution in [0, 0.1) is 13.8 Å². The van der Waals surface area contributed by atoms with E-state index in [9.17, 15) is 9.59 Å². The molecule has 0 saturated carbocycles. The Balaban J connectivity index is 2.21. The number of hydrogen-bond donors (Lipinski definition) is 0. The summed E-state index contributed by atoms with van der Waals surface area (Å²) in [5, 5.41) is 1.22. The second kappa shape index (κ2) is 4.72. The summed E-state index contributed by atoms with van der Waals surface area (Å²) in [6, 6.07) is 6.91. The molecule has 0 amide bonds. The standard InChI is InChI=1S/C14H12N2O3S/c1-8-9(2)20-12(15-8)7-16-11-6-4-3-5-10(11)13(17)19-14(16)18/h3-6H,7H2,1-2H3. The van der Waals surface area contributed by atoms with E-state index in [1.807, 2.05) is 13.8 Å². The molecule has 0 aliphatic carbocycles. The number of nitrogens with zero attached hydrogens (tertiary/aromatic N) is 2. The first-order valence-corrected chi connectivity index (χ1v) is 6.93. The molecule has 0 bridgehead atoms. The summed E-state index contributed by atoms with van der Waals surface area (Å²) < 4.78 is 6.20. The zero-order chi connectivity index (χ0) is 14.3. The minimum atomic E-state index is -0.654. The van der Waals surface area contributed by atoms with E-state index in [4.69, 9.17) is 4.42 Å². The van der Waals surface area contributed by atoms with Crippen LogP contribution < -0.4 is 11.4 Å². The molecule has 0 atom stereocenters. The lowest BCUT2D eigenvalue weighted by atomic mass is 10.2. The van der Waals surface area contributed by atoms with E-state index in [0.29, 0.717) is 17.4 Å². The van der Waals surface area contributed by atoms with Gasteiger partial charge in [-0.3, -0.25) is 4.57 Å². The zero-order valence-corrected chi connectivity index (χ0v) is 11.9. The summed E-state index contributed by atoms with van der Waals surface area (Å²) >= 11 is 1.54. The van der Waals surface area contributed by atoms with E-state index < -0.39 is 11.4 Å². The van der Waals surface area contributed by atoms with Crippen molar-refractivity contribution in [3.05, 3.63) is 60.8 Å². The van der Waals surface area contributed by atoms with Crippen LogP contribution in [0.25, 0.3) is 10.9 Å². The predicted molar refractivity (Wildman–Crippen MR) is 77.4 cm³/mol. The molecular formula is C14H12N2O3S. The molecule has 2 aromatic heterocycles. The largest absolute Gasteiger partial charge is 0.422 e. The molecule has 3 rings (SSSR count). The lowest BCUT2D eigenvalue weighted by Gasteiger charge is -2.05. The summed E-state index contributed by atoms with van der Waals surface area (Å²) in [6.45, 7) is 4.23. The van der Waals surface area contributed by atoms with Crippen LogP contribution in [0.5, 0.6) is 0 Å². The Labute approximate surface area is 118 Å². The Bertz CT molecular complexity index is 885. The van der Waals surface area contributed by atoms with Gasteiger partial charge in [0.1, 0.15) is 5.01 Å². The van der Waals surface area contributed by atoms with E-state index in [2.05, 4.69) is 4.98 Å². The van der Waals surface area contributed by atoms with Crippen LogP contribution in [0.1, 0.15) is 15.6 Å². The fourth-order valence-electron chi connectivity index (χ4n) is 2.06. The van der Waals surface area contributed by atoms with Gasteiger partial charge in [0.2, 0.25) is 0 Å². The highest BCUT2D eigenvalue weighted by atomic mass is 32.1. The molecule has 5 nitrogen and oxygen atoms in total. The van der Waals surface area contributed by atoms with Crippen molar-refractivity contribution < 1.29 is 4.42 Å². The van der Waals surface area contributed by atoms with Crippen LogP contribution in [0.3, 0.4) is 0 Å². The van der Waals surface area contributed by atoms with Crippen molar-refractivity contribution in [2.75, 3.05) is 0 Å². The number of hydrogen-bond acceptors (Lipinski definition) is 5. The maximum atomic E-state index is 11.9. The average molecular weight is 288 g/mol. The molecular weight excluding hydrogens is 276 g/mol. The Morgan fingerprint density at radius 2 is 2.00 bits per heavy atom. The topological polar surface area (TPSA) is 65.1 Å². The lowest BCUT2D eigenvalue weighted by molar-refractivity contribution is 0.424. The van der Waals surface area contributed by atoms with Gasteiger partial charge in [0.15, 0.2) is 0 Å². The number of thiazole rings is 1. The Morgan fingerprint density at radius 3 is 2.70 bits per heavy atom. The van der Waals surface area contributed by atoms with Gasteiger partial charge in [-0.15, -0.1) is 11.3 Å². The average Bonchev–Trinajstić information content (AvgIpc) is 2.73. The van der Waals surface area contributed by atoms with E-state index in [0.717, 1.165) is 15.6 Å². The summed E-state index contributed by atoms with van der Waals surface area (Å²) in [5.74, 6) is -0.654. The Kier molecular flexibility index (Phi) is 3.02. The van der Waals surface area contributed by atoms with Crippen molar-refractivity contribution in [2.45, 2.75) is 20.4 Å². The number of aryl methyl sites for hydroxylation is 2. The number of aromatic nitrogens is 2. The fourth-order valence-corrected chi connectivity index (χ4v) is 2.98. The molecule has 6 heteroatoms. The molecule has 102 valence electrons. The fraction of sp³-hybridized carbons (Fsp3) is 0.214. The summed E-state index contributed by atoms with van der Waals surface area (Å²) in [6.07, 6.45) is 0. The van der Waals surface area contributed by atoms with Gasteiger partial charge in [0.05, 0.1) is 23.1 Å². The third kappa shape index (κ3) is 2.08. The van der Waals surface area contributed by atoms with Crippen molar-refractivity contribution in [1.82, 2.24) is 9.55 Å². The van der Waals surface area contributed by atoms with Gasteiger partial charge in [0, 0.05) is 4.88 Å². The van der Waals surface area contributed by atoms with E-state index >= 15 is 0 Å². The van der Waals surface area contributed by atoms with Crippen LogP contribution in [-0.4, -0.2) is 9.55 Å². The van der Waals surface area contributed by atoms with Crippen LogP contribution in [0.2, 0.25) is 0 Å². The molecule has 0 N–H and O–H groups in total. The van der Waals surface area contributed by atoms with E-state index in [1.165, 1.54) is 4.57 Å². The Hall–Kier alpha value is -2.21. The minimum absolute atomic E-state index is 0.308. The SMILES string of the molecule is Cc1nc(Cn2c(=O)oc(=O)c3ccccc32)sc1C. The van der Waals surface area contributed by atoms with Crippen LogP contribution in [0.4, 0.5) is 0 Å². The van der Waals surface area contributed by atoms with Crippen LogP contribution >= 0.6 is 11.3 Å². The highest BCUT2D eigenvalue weighted by molar-refractivity contribution is 7.11. The molecule has 2 heterocycles. The predicted octanol–water partition coefficient (Wildman–Crippen LogP) is 2.08. The highest BCUT2D eigenvalue weighted by Crippen LogP contribution is 2.18. The number of benzene rings is 1. The van der Waals surface area contributed by atoms with E-state index in [1.54, 1.807) is 35.6 Å². The molecule has 0 fully saturated rings. The van der Waals surface area contributed by atoms with Crippen LogP contribution in [0.15, 0.2) is 38.3 Å². The first kappa shape index (κ1) is 12.8. The maximum absolute atomic E-state index is 11.9. The second-order valence-corrected chi connectivity index (χ2v) is 5.80. The summed E-state index contributed by atoms with van der Waals surface area (Å²) in [4.78, 5) is 29.1. The normalized spacial score (nSPS) is 11.1. The van der Waals surface area contributed by atoms with Crippen molar-refractivity contribution in [3.63, 3.8) is 0 Å². The third-order valence-corrected chi connectivity index (χ3v) is 4.24. The van der Waals surface area contributed by atoms with Gasteiger partial charge in [-0.25, -0.2) is 14.6 Å². The number of rotatable bonds is 2. The van der Waals surface area contributed by atoms with E-state index in [-0.39, 0.29) is 0 Å². The van der Waals surface area contributed by atoms with Gasteiger partial charge in [-0.2, -0.15) is 0 Å². The molecule has 0 radical (unpaired) electrons. The zero-order valence-electron chi connectivity index (χ0n) is 11.0. The second-order valence-electron chi connectivity index (χ2n) is 4.51. The van der Waals surface area contributed by atoms with Crippen LogP contribution in [-0.2, 0) is 6.54 Å². The van der Waals surface area contributed by atoms with Crippen molar-refractivity contribution in [2.24, 2.45) is 0 Å². The summed E-state index contributed by atoms with van der Waals surface area (Å²) in [5.41, 5.74) is 0.923. The molecule has 0 aliphatic heterocycles. The quantitative estimate of drug-likeness (QED) is 0.724. The van der Waals surface area contributed by atoms with Gasteiger partial charge >= 0.3 is 11.4 Å². The number of fused-ring (bicyclic) bond motifs is 1. The smallest absolute Gasteiger partial charge is 0.372 e. The van der Waals surface area contributed by atoms with Gasteiger partial charge in [-0.05, 0) is 26.0 Å². The first-order valence-electron chi connectivity index (χ1n) is 6.12. The third-order valence-electron chi connectivity index (χ3n) is 3.18. The molecule has 0 spiro atoms. The monoisotopic (exact) mass is 288 g/mol. The molecule has 1 aromatic carbocycles. The van der Waals surface area contributed by atoms with Crippen molar-refractivity contribution in [3.8, 4) is 0 Å². The maximum Gasteiger partial charge on any atom is 0.422 e. The molecule has 0 aliphatic rings. The molecule has 0 saturated heterocycles. The molecule has 20 heavy (non-hydrogen) atoms. The van der Waals surface area contributed by atoms with Crippen molar-refractivity contribution >= 4 is 22.2 Å². The van der Waals surface area contributed by atoms with Gasteiger partial charge < -0.3 is 4.42 Å².